The highest BCUT2D eigenvalue weighted by atomic mass is 19.1. The first-order chi connectivity index (χ1) is 15.9. The van der Waals surface area contributed by atoms with E-state index in [-0.39, 0.29) is 37.1 Å². The monoisotopic (exact) mass is 449 g/mol. The quantitative estimate of drug-likeness (QED) is 0.458. The first-order valence-electron chi connectivity index (χ1n) is 10.3. The van der Waals surface area contributed by atoms with Crippen LogP contribution in [0, 0.1) is 5.82 Å². The molecule has 0 bridgehead atoms. The van der Waals surface area contributed by atoms with Gasteiger partial charge in [-0.15, -0.1) is 0 Å². The SMILES string of the molecule is O=C(NCCN1C(=O)C2(COc3cc(O)c(O)cc32)c2ccccc21)Nc1ccc(F)cc1. The van der Waals surface area contributed by atoms with Crippen molar-refractivity contribution in [2.45, 2.75) is 5.41 Å². The molecule has 2 aliphatic heterocycles. The number of phenols is 2. The van der Waals surface area contributed by atoms with Gasteiger partial charge in [0, 0.05) is 36.1 Å². The van der Waals surface area contributed by atoms with Crippen molar-refractivity contribution in [2.75, 3.05) is 29.9 Å². The Kier molecular flexibility index (Phi) is 4.81. The molecule has 2 aliphatic rings. The van der Waals surface area contributed by atoms with Crippen molar-refractivity contribution < 1.29 is 28.9 Å². The Morgan fingerprint density at radius 1 is 1.06 bits per heavy atom. The first kappa shape index (κ1) is 20.6. The summed E-state index contributed by atoms with van der Waals surface area (Å²) >= 11 is 0. The van der Waals surface area contributed by atoms with Crippen molar-refractivity contribution in [1.82, 2.24) is 5.32 Å². The van der Waals surface area contributed by atoms with Crippen molar-refractivity contribution in [3.05, 3.63) is 77.6 Å². The summed E-state index contributed by atoms with van der Waals surface area (Å²) in [7, 11) is 0. The molecule has 4 N–H and O–H groups in total. The van der Waals surface area contributed by atoms with Gasteiger partial charge in [-0.2, -0.15) is 0 Å². The maximum absolute atomic E-state index is 13.7. The van der Waals surface area contributed by atoms with E-state index in [1.54, 1.807) is 4.90 Å². The Bertz CT molecular complexity index is 1260. The molecule has 0 aromatic heterocycles. The topological polar surface area (TPSA) is 111 Å². The highest BCUT2D eigenvalue weighted by Crippen LogP contribution is 2.54. The molecule has 9 heteroatoms. The zero-order chi connectivity index (χ0) is 23.2. The summed E-state index contributed by atoms with van der Waals surface area (Å²) in [5.74, 6) is -0.957. The van der Waals surface area contributed by atoms with Crippen LogP contribution in [0.3, 0.4) is 0 Å². The molecule has 0 radical (unpaired) electrons. The van der Waals surface area contributed by atoms with Gasteiger partial charge < -0.3 is 30.5 Å². The lowest BCUT2D eigenvalue weighted by Gasteiger charge is -2.23. The van der Waals surface area contributed by atoms with E-state index in [2.05, 4.69) is 10.6 Å². The van der Waals surface area contributed by atoms with Crippen LogP contribution in [-0.2, 0) is 10.2 Å². The average Bonchev–Trinajstić information content (AvgIpc) is 3.28. The number of nitrogens with zero attached hydrogens (tertiary/aromatic N) is 1. The summed E-state index contributed by atoms with van der Waals surface area (Å²) in [6.07, 6.45) is 0. The van der Waals surface area contributed by atoms with Gasteiger partial charge in [-0.3, -0.25) is 4.79 Å². The van der Waals surface area contributed by atoms with E-state index in [0.717, 1.165) is 5.56 Å². The second-order valence-electron chi connectivity index (χ2n) is 7.89. The fourth-order valence-electron chi connectivity index (χ4n) is 4.41. The molecule has 0 saturated heterocycles. The number of nitrogens with one attached hydrogen (secondary N) is 2. The Morgan fingerprint density at radius 3 is 2.58 bits per heavy atom. The molecule has 168 valence electrons. The highest BCUT2D eigenvalue weighted by Gasteiger charge is 2.57. The van der Waals surface area contributed by atoms with Crippen molar-refractivity contribution >= 4 is 23.3 Å². The van der Waals surface area contributed by atoms with Crippen molar-refractivity contribution in [3.63, 3.8) is 0 Å². The number of anilines is 2. The molecule has 0 fully saturated rings. The number of ether oxygens (including phenoxy) is 1. The van der Waals surface area contributed by atoms with Crippen molar-refractivity contribution in [1.29, 1.82) is 0 Å². The third-order valence-electron chi connectivity index (χ3n) is 5.97. The number of amides is 3. The Morgan fingerprint density at radius 2 is 1.79 bits per heavy atom. The van der Waals surface area contributed by atoms with Gasteiger partial charge in [0.15, 0.2) is 11.5 Å². The van der Waals surface area contributed by atoms with Gasteiger partial charge in [-0.05, 0) is 42.0 Å². The summed E-state index contributed by atoms with van der Waals surface area (Å²) in [5, 5.41) is 25.2. The van der Waals surface area contributed by atoms with E-state index in [0.29, 0.717) is 22.7 Å². The number of benzene rings is 3. The smallest absolute Gasteiger partial charge is 0.319 e. The van der Waals surface area contributed by atoms with Crippen LogP contribution in [0.25, 0.3) is 0 Å². The normalized spacial score (nSPS) is 18.1. The van der Waals surface area contributed by atoms with E-state index in [1.807, 2.05) is 24.3 Å². The summed E-state index contributed by atoms with van der Waals surface area (Å²) in [6, 6.07) is 14.9. The standard InChI is InChI=1S/C24H20FN3O5/c25-14-5-7-15(8-6-14)27-23(32)26-9-10-28-18-4-2-1-3-16(18)24(22(28)31)13-33-21-12-20(30)19(29)11-17(21)24/h1-8,11-12,29-30H,9-10,13H2,(H2,26,27,32). The molecular formula is C24H20FN3O5. The van der Waals surface area contributed by atoms with E-state index >= 15 is 0 Å². The molecule has 8 nitrogen and oxygen atoms in total. The Hall–Kier alpha value is -4.27. The number of hydrogen-bond acceptors (Lipinski definition) is 5. The molecule has 0 saturated carbocycles. The van der Waals surface area contributed by atoms with Crippen LogP contribution in [0.15, 0.2) is 60.7 Å². The van der Waals surface area contributed by atoms with Crippen LogP contribution in [0.2, 0.25) is 0 Å². The third kappa shape index (κ3) is 3.29. The molecule has 0 aliphatic carbocycles. The van der Waals surface area contributed by atoms with Crippen LogP contribution in [-0.4, -0.2) is 41.8 Å². The van der Waals surface area contributed by atoms with Crippen LogP contribution in [0.4, 0.5) is 20.6 Å². The fraction of sp³-hybridized carbons (Fsp3) is 0.167. The lowest BCUT2D eigenvalue weighted by molar-refractivity contribution is -0.122. The molecule has 3 aromatic carbocycles. The molecule has 3 amide bonds. The maximum Gasteiger partial charge on any atom is 0.319 e. The molecule has 33 heavy (non-hydrogen) atoms. The zero-order valence-electron chi connectivity index (χ0n) is 17.3. The summed E-state index contributed by atoms with van der Waals surface area (Å²) in [5.41, 5.74) is 1.20. The number of urea groups is 1. The molecule has 5 rings (SSSR count). The zero-order valence-corrected chi connectivity index (χ0v) is 17.3. The second kappa shape index (κ2) is 7.70. The minimum absolute atomic E-state index is 0.0378. The third-order valence-corrected chi connectivity index (χ3v) is 5.97. The van der Waals surface area contributed by atoms with E-state index < -0.39 is 17.3 Å². The number of rotatable bonds is 4. The minimum Gasteiger partial charge on any atom is -0.504 e. The molecule has 2 heterocycles. The lowest BCUT2D eigenvalue weighted by Crippen LogP contribution is -2.45. The largest absolute Gasteiger partial charge is 0.504 e. The van der Waals surface area contributed by atoms with Gasteiger partial charge in [0.2, 0.25) is 5.91 Å². The number of halogens is 1. The first-order valence-corrected chi connectivity index (χ1v) is 10.3. The molecule has 3 aromatic rings. The van der Waals surface area contributed by atoms with Crippen molar-refractivity contribution in [3.8, 4) is 17.2 Å². The predicted molar refractivity (Wildman–Crippen MR) is 118 cm³/mol. The van der Waals surface area contributed by atoms with Gasteiger partial charge in [-0.25, -0.2) is 9.18 Å². The number of para-hydroxylation sites is 1. The van der Waals surface area contributed by atoms with Crippen LogP contribution >= 0.6 is 0 Å². The second-order valence-corrected chi connectivity index (χ2v) is 7.89. The number of hydrogen-bond donors (Lipinski definition) is 4. The Labute approximate surface area is 188 Å². The molecule has 1 spiro atoms. The lowest BCUT2D eigenvalue weighted by atomic mass is 9.77. The number of aromatic hydroxyl groups is 2. The van der Waals surface area contributed by atoms with Crippen LogP contribution in [0.5, 0.6) is 17.2 Å². The van der Waals surface area contributed by atoms with Crippen LogP contribution in [0.1, 0.15) is 11.1 Å². The summed E-state index contributed by atoms with van der Waals surface area (Å²) in [6.45, 7) is 0.404. The van der Waals surface area contributed by atoms with Gasteiger partial charge in [0.1, 0.15) is 23.6 Å². The van der Waals surface area contributed by atoms with E-state index in [1.165, 1.54) is 36.4 Å². The Balaban J connectivity index is 1.35. The van der Waals surface area contributed by atoms with Crippen molar-refractivity contribution in [2.24, 2.45) is 0 Å². The van der Waals surface area contributed by atoms with E-state index in [4.69, 9.17) is 4.74 Å². The van der Waals surface area contributed by atoms with Gasteiger partial charge in [-0.1, -0.05) is 18.2 Å². The average molecular weight is 449 g/mol. The van der Waals surface area contributed by atoms with Gasteiger partial charge >= 0.3 is 6.03 Å². The summed E-state index contributed by atoms with van der Waals surface area (Å²) in [4.78, 5) is 27.5. The molecule has 1 unspecified atom stereocenters. The number of fused-ring (bicyclic) bond motifs is 4. The highest BCUT2D eigenvalue weighted by molar-refractivity contribution is 6.11. The molecular weight excluding hydrogens is 429 g/mol. The van der Waals surface area contributed by atoms with Crippen LogP contribution < -0.4 is 20.3 Å². The maximum atomic E-state index is 13.7. The minimum atomic E-state index is -1.15. The van der Waals surface area contributed by atoms with Gasteiger partial charge in [0.25, 0.3) is 0 Å². The predicted octanol–water partition coefficient (Wildman–Crippen LogP) is 3.08. The number of phenolic OH excluding ortho intramolecular Hbond substituents is 2. The summed E-state index contributed by atoms with van der Waals surface area (Å²) < 4.78 is 18.8. The van der Waals surface area contributed by atoms with Gasteiger partial charge in [0.05, 0.1) is 0 Å². The van der Waals surface area contributed by atoms with E-state index in [9.17, 15) is 24.2 Å². The molecule has 1 atom stereocenters. The number of carbonyl (C=O) groups excluding carboxylic acids is 2. The fourth-order valence-corrected chi connectivity index (χ4v) is 4.41. The number of carbonyl (C=O) groups is 2.